The highest BCUT2D eigenvalue weighted by atomic mass is 35.5. The van der Waals surface area contributed by atoms with E-state index in [-0.39, 0.29) is 24.4 Å². The third-order valence-corrected chi connectivity index (χ3v) is 5.94. The lowest BCUT2D eigenvalue weighted by molar-refractivity contribution is 0.0600. The molecule has 1 fully saturated rings. The number of methoxy groups -OCH3 is 2. The van der Waals surface area contributed by atoms with E-state index in [1.54, 1.807) is 19.2 Å². The maximum Gasteiger partial charge on any atom is 0.337 e. The Balaban J connectivity index is 0.00000272. The van der Waals surface area contributed by atoms with Crippen LogP contribution in [0.15, 0.2) is 41.4 Å². The van der Waals surface area contributed by atoms with Gasteiger partial charge in [0.2, 0.25) is 0 Å². The summed E-state index contributed by atoms with van der Waals surface area (Å²) in [5.74, 6) is 1.46. The van der Waals surface area contributed by atoms with Crippen molar-refractivity contribution in [2.75, 3.05) is 41.0 Å². The Morgan fingerprint density at radius 1 is 1.16 bits per heavy atom. The molecule has 0 bridgehead atoms. The van der Waals surface area contributed by atoms with Crippen molar-refractivity contribution >= 4 is 24.1 Å². The summed E-state index contributed by atoms with van der Waals surface area (Å²) in [5.41, 5.74) is 4.76. The van der Waals surface area contributed by atoms with Crippen molar-refractivity contribution in [3.63, 3.8) is 0 Å². The van der Waals surface area contributed by atoms with Gasteiger partial charge < -0.3 is 19.1 Å². The smallest absolute Gasteiger partial charge is 0.337 e. The Morgan fingerprint density at radius 3 is 2.55 bits per heavy atom. The largest absolute Gasteiger partial charge is 0.493 e. The van der Waals surface area contributed by atoms with Gasteiger partial charge in [0.05, 0.1) is 38.1 Å². The molecule has 166 valence electrons. The van der Waals surface area contributed by atoms with E-state index in [1.807, 2.05) is 25.1 Å². The van der Waals surface area contributed by atoms with Crippen molar-refractivity contribution in [1.82, 2.24) is 4.90 Å². The maximum atomic E-state index is 11.8. The third kappa shape index (κ3) is 4.41. The van der Waals surface area contributed by atoms with Crippen LogP contribution in [0.2, 0.25) is 0 Å². The average molecular weight is 445 g/mol. The number of fused-ring (bicyclic) bond motifs is 3. The second kappa shape index (κ2) is 9.71. The fourth-order valence-electron chi connectivity index (χ4n) is 4.43. The van der Waals surface area contributed by atoms with Gasteiger partial charge in [0, 0.05) is 23.6 Å². The first-order chi connectivity index (χ1) is 14.5. The molecule has 0 radical (unpaired) electrons. The molecular formula is C24H29ClN2O4. The Kier molecular flexibility index (Phi) is 7.23. The summed E-state index contributed by atoms with van der Waals surface area (Å²) in [6.45, 7) is 4.56. The standard InChI is InChI=1S/C24H28N2O4.ClH/c1-5-30-22-12-17-18(13-21(22)28-3)23(25-20-10-11-26(2)14-19(17)20)15-6-8-16(9-7-15)24(27)29-4;/h6-9,12-13,19-20H,5,10-11,14H2,1-4H3;1H/t19-,20-;/m0./s1. The molecule has 0 amide bonds. The molecule has 31 heavy (non-hydrogen) atoms. The minimum Gasteiger partial charge on any atom is -0.493 e. The number of benzene rings is 2. The van der Waals surface area contributed by atoms with Crippen LogP contribution in [-0.4, -0.2) is 63.6 Å². The van der Waals surface area contributed by atoms with Gasteiger partial charge in [0.15, 0.2) is 11.5 Å². The van der Waals surface area contributed by atoms with E-state index in [0.717, 1.165) is 42.1 Å². The summed E-state index contributed by atoms with van der Waals surface area (Å²) in [6.07, 6.45) is 1.01. The highest BCUT2D eigenvalue weighted by molar-refractivity contribution is 6.15. The fourth-order valence-corrected chi connectivity index (χ4v) is 4.43. The minimum atomic E-state index is -0.342. The number of ether oxygens (including phenoxy) is 3. The normalized spacial score (nSPS) is 19.9. The number of hydrogen-bond donors (Lipinski definition) is 0. The molecule has 0 unspecified atom stereocenters. The van der Waals surface area contributed by atoms with Gasteiger partial charge in [-0.15, -0.1) is 12.4 Å². The van der Waals surface area contributed by atoms with Gasteiger partial charge in [0.25, 0.3) is 0 Å². The van der Waals surface area contributed by atoms with Gasteiger partial charge in [-0.2, -0.15) is 0 Å². The van der Waals surface area contributed by atoms with Crippen molar-refractivity contribution in [2.24, 2.45) is 4.99 Å². The molecule has 2 atom stereocenters. The van der Waals surface area contributed by atoms with Crippen LogP contribution in [0.5, 0.6) is 11.5 Å². The summed E-state index contributed by atoms with van der Waals surface area (Å²) >= 11 is 0. The van der Waals surface area contributed by atoms with Gasteiger partial charge in [-0.3, -0.25) is 4.99 Å². The second-order valence-corrected chi connectivity index (χ2v) is 7.79. The number of hydrogen-bond acceptors (Lipinski definition) is 6. The first kappa shape index (κ1) is 23.1. The predicted octanol–water partition coefficient (Wildman–Crippen LogP) is 3.94. The molecule has 2 aliphatic rings. The summed E-state index contributed by atoms with van der Waals surface area (Å²) in [6, 6.07) is 11.8. The van der Waals surface area contributed by atoms with Gasteiger partial charge in [0.1, 0.15) is 0 Å². The monoisotopic (exact) mass is 444 g/mol. The van der Waals surface area contributed by atoms with E-state index < -0.39 is 0 Å². The van der Waals surface area contributed by atoms with Gasteiger partial charge in [-0.1, -0.05) is 12.1 Å². The number of halogens is 1. The topological polar surface area (TPSA) is 60.4 Å². The summed E-state index contributed by atoms with van der Waals surface area (Å²) in [7, 11) is 5.21. The van der Waals surface area contributed by atoms with Crippen LogP contribution in [0, 0.1) is 0 Å². The quantitative estimate of drug-likeness (QED) is 0.654. The van der Waals surface area contributed by atoms with E-state index >= 15 is 0 Å². The average Bonchev–Trinajstić information content (AvgIpc) is 2.78. The molecule has 0 spiro atoms. The zero-order chi connectivity index (χ0) is 21.3. The van der Waals surface area contributed by atoms with E-state index in [4.69, 9.17) is 19.2 Å². The van der Waals surface area contributed by atoms with Crippen molar-refractivity contribution in [2.45, 2.75) is 25.3 Å². The molecule has 0 aromatic heterocycles. The number of aliphatic imine (C=N–C) groups is 1. The van der Waals surface area contributed by atoms with E-state index in [9.17, 15) is 4.79 Å². The molecule has 7 heteroatoms. The maximum absolute atomic E-state index is 11.8. The summed E-state index contributed by atoms with van der Waals surface area (Å²) < 4.78 is 16.3. The number of likely N-dealkylation sites (tertiary alicyclic amines) is 1. The highest BCUT2D eigenvalue weighted by Crippen LogP contribution is 2.42. The Labute approximate surface area is 189 Å². The molecule has 0 N–H and O–H groups in total. The molecule has 0 aliphatic carbocycles. The predicted molar refractivity (Wildman–Crippen MR) is 123 cm³/mol. The number of nitrogens with zero attached hydrogens (tertiary/aromatic N) is 2. The van der Waals surface area contributed by atoms with Crippen molar-refractivity contribution in [3.8, 4) is 11.5 Å². The molecule has 0 saturated carbocycles. The first-order valence-electron chi connectivity index (χ1n) is 10.4. The lowest BCUT2D eigenvalue weighted by atomic mass is 9.79. The molecule has 2 aromatic rings. The third-order valence-electron chi connectivity index (χ3n) is 5.94. The number of carbonyl (C=O) groups excluding carboxylic acids is 1. The van der Waals surface area contributed by atoms with Crippen LogP contribution in [-0.2, 0) is 4.74 Å². The number of piperidine rings is 1. The van der Waals surface area contributed by atoms with Gasteiger partial charge >= 0.3 is 5.97 Å². The first-order valence-corrected chi connectivity index (χ1v) is 10.4. The number of rotatable bonds is 5. The summed E-state index contributed by atoms with van der Waals surface area (Å²) in [4.78, 5) is 19.3. The van der Waals surface area contributed by atoms with Crippen molar-refractivity contribution in [3.05, 3.63) is 58.7 Å². The molecular weight excluding hydrogens is 416 g/mol. The Morgan fingerprint density at radius 2 is 1.90 bits per heavy atom. The SMILES string of the molecule is CCOc1cc2c(cc1OC)C(c1ccc(C(=O)OC)cc1)=N[C@H]1CCN(C)C[C@@H]21.Cl. The van der Waals surface area contributed by atoms with Crippen LogP contribution < -0.4 is 9.47 Å². The molecule has 4 rings (SSSR count). The Bertz CT molecular complexity index is 974. The van der Waals surface area contributed by atoms with E-state index in [0.29, 0.717) is 23.8 Å². The second-order valence-electron chi connectivity index (χ2n) is 7.79. The molecule has 6 nitrogen and oxygen atoms in total. The van der Waals surface area contributed by atoms with Gasteiger partial charge in [-0.25, -0.2) is 4.79 Å². The van der Waals surface area contributed by atoms with E-state index in [1.165, 1.54) is 12.7 Å². The molecule has 2 heterocycles. The van der Waals surface area contributed by atoms with Crippen LogP contribution >= 0.6 is 12.4 Å². The van der Waals surface area contributed by atoms with Crippen molar-refractivity contribution < 1.29 is 19.0 Å². The zero-order valence-corrected chi connectivity index (χ0v) is 19.2. The highest BCUT2D eigenvalue weighted by Gasteiger charge is 2.36. The Hall–Kier alpha value is -2.57. The van der Waals surface area contributed by atoms with Crippen LogP contribution in [0.4, 0.5) is 0 Å². The van der Waals surface area contributed by atoms with Crippen molar-refractivity contribution in [1.29, 1.82) is 0 Å². The number of likely N-dealkylation sites (N-methyl/N-ethyl adjacent to an activating group) is 1. The fraction of sp³-hybridized carbons (Fsp3) is 0.417. The minimum absolute atomic E-state index is 0. The van der Waals surface area contributed by atoms with Crippen LogP contribution in [0.25, 0.3) is 0 Å². The lowest BCUT2D eigenvalue weighted by Crippen LogP contribution is -2.41. The summed E-state index contributed by atoms with van der Waals surface area (Å²) in [5, 5.41) is 0. The van der Waals surface area contributed by atoms with E-state index in [2.05, 4.69) is 18.0 Å². The molecule has 2 aromatic carbocycles. The number of carbonyl (C=O) groups is 1. The molecule has 2 aliphatic heterocycles. The van der Waals surface area contributed by atoms with Crippen LogP contribution in [0.1, 0.15) is 46.3 Å². The number of esters is 1. The van der Waals surface area contributed by atoms with Crippen LogP contribution in [0.3, 0.4) is 0 Å². The molecule has 1 saturated heterocycles. The van der Waals surface area contributed by atoms with Gasteiger partial charge in [-0.05, 0) is 56.8 Å². The zero-order valence-electron chi connectivity index (χ0n) is 18.4. The lowest BCUT2D eigenvalue weighted by Gasteiger charge is -2.39.